The zero-order valence-corrected chi connectivity index (χ0v) is 10.7. The minimum absolute atomic E-state index is 0.119. The van der Waals surface area contributed by atoms with Crippen LogP contribution in [0, 0.1) is 0 Å². The molecule has 98 valence electrons. The van der Waals surface area contributed by atoms with E-state index in [1.54, 1.807) is 20.8 Å². The van der Waals surface area contributed by atoms with Crippen LogP contribution in [0.25, 0.3) is 0 Å². The molecule has 0 spiro atoms. The molecule has 0 aromatic rings. The molecular weight excluding hydrogens is 216 g/mol. The number of ether oxygens (including phenoxy) is 1. The van der Waals surface area contributed by atoms with Crippen molar-refractivity contribution in [1.82, 2.24) is 10.2 Å². The summed E-state index contributed by atoms with van der Waals surface area (Å²) < 4.78 is 44.6. The molecule has 0 aliphatic carbocycles. The van der Waals surface area contributed by atoms with E-state index in [-0.39, 0.29) is 12.6 Å². The monoisotopic (exact) mass is 245 g/mol. The van der Waals surface area contributed by atoms with Crippen molar-refractivity contribution in [1.29, 1.82) is 0 Å². The maximum Gasteiger partial charge on any atom is 0.411 e. The molecule has 2 aliphatic rings. The number of nitrogens with zero attached hydrogens (tertiary/aromatic N) is 1. The Morgan fingerprint density at radius 3 is 3.12 bits per heavy atom. The lowest BCUT2D eigenvalue weighted by Crippen LogP contribution is -2.62. The highest BCUT2D eigenvalue weighted by molar-refractivity contribution is 5.70. The summed E-state index contributed by atoms with van der Waals surface area (Å²) >= 11 is 0. The molecule has 0 aromatic heterocycles. The molecule has 1 amide bonds. The summed E-state index contributed by atoms with van der Waals surface area (Å²) in [6, 6.07) is -0.235. The van der Waals surface area contributed by atoms with Gasteiger partial charge in [-0.3, -0.25) is 4.90 Å². The molecule has 0 radical (unpaired) electrons. The predicted molar refractivity (Wildman–Crippen MR) is 67.0 cm³/mol. The van der Waals surface area contributed by atoms with Crippen molar-refractivity contribution in [3.63, 3.8) is 0 Å². The Morgan fingerprint density at radius 1 is 1.71 bits per heavy atom. The second-order valence-corrected chi connectivity index (χ2v) is 5.83. The number of hydrogen-bond acceptors (Lipinski definition) is 3. The summed E-state index contributed by atoms with van der Waals surface area (Å²) in [4.78, 5) is 13.9. The van der Waals surface area contributed by atoms with Crippen molar-refractivity contribution < 1.29 is 16.4 Å². The normalized spacial score (nSPS) is 38.6. The smallest absolute Gasteiger partial charge is 0.411 e. The fraction of sp³-hybridized carbons (Fsp3) is 0.923. The fourth-order valence-electron chi connectivity index (χ4n) is 2.62. The molecule has 2 atom stereocenters. The molecule has 2 fully saturated rings. The molecule has 2 rings (SSSR count). The van der Waals surface area contributed by atoms with Crippen LogP contribution < -0.4 is 5.32 Å². The second-order valence-electron chi connectivity index (χ2n) is 5.83. The molecule has 2 aliphatic heterocycles. The number of carbonyl (C=O) groups is 1. The van der Waals surface area contributed by atoms with Crippen LogP contribution in [-0.4, -0.2) is 41.3 Å². The summed E-state index contributed by atoms with van der Waals surface area (Å²) in [6.07, 6.45) is -2.26. The van der Waals surface area contributed by atoms with Crippen LogP contribution in [0.2, 0.25) is 0 Å². The number of rotatable bonds is 1. The Labute approximate surface area is 111 Å². The molecule has 0 unspecified atom stereocenters. The van der Waals surface area contributed by atoms with Crippen LogP contribution in [-0.2, 0) is 4.74 Å². The number of amides is 1. The van der Waals surface area contributed by atoms with Crippen molar-refractivity contribution >= 4 is 6.09 Å². The first-order valence-corrected chi connectivity index (χ1v) is 6.05. The Balaban J connectivity index is 2.41. The van der Waals surface area contributed by atoms with E-state index in [1.807, 2.05) is 0 Å². The molecule has 2 bridgehead atoms. The van der Waals surface area contributed by atoms with Gasteiger partial charge in [0.1, 0.15) is 5.60 Å². The van der Waals surface area contributed by atoms with E-state index >= 15 is 0 Å². The second kappa shape index (κ2) is 4.16. The first-order chi connectivity index (χ1) is 9.82. The third kappa shape index (κ3) is 2.28. The zero-order valence-electron chi connectivity index (χ0n) is 15.7. The van der Waals surface area contributed by atoms with Crippen LogP contribution in [0.3, 0.4) is 0 Å². The highest BCUT2D eigenvalue weighted by atomic mass is 16.6. The van der Waals surface area contributed by atoms with Crippen LogP contribution in [0.15, 0.2) is 0 Å². The number of nitrogens with one attached hydrogen (secondary N) is 1. The van der Waals surface area contributed by atoms with E-state index in [1.165, 1.54) is 4.90 Å². The molecule has 0 aromatic carbocycles. The lowest BCUT2D eigenvalue weighted by Gasteiger charge is -2.44. The predicted octanol–water partition coefficient (Wildman–Crippen LogP) is 2.14. The van der Waals surface area contributed by atoms with Crippen molar-refractivity contribution in [3.05, 3.63) is 0 Å². The highest BCUT2D eigenvalue weighted by Crippen LogP contribution is 2.39. The van der Waals surface area contributed by atoms with E-state index in [4.69, 9.17) is 11.6 Å². The van der Waals surface area contributed by atoms with Crippen LogP contribution >= 0.6 is 0 Å². The van der Waals surface area contributed by atoms with Gasteiger partial charge in [-0.15, -0.1) is 0 Å². The van der Waals surface area contributed by atoms with Gasteiger partial charge >= 0.3 is 6.09 Å². The zero-order chi connectivity index (χ0) is 17.0. The molecule has 4 nitrogen and oxygen atoms in total. The number of carbonyl (C=O) groups excluding carboxylic acids is 1. The van der Waals surface area contributed by atoms with E-state index in [0.29, 0.717) is 19.4 Å². The first kappa shape index (κ1) is 7.62. The van der Waals surface area contributed by atoms with Gasteiger partial charge in [-0.05, 0) is 40.0 Å². The van der Waals surface area contributed by atoms with Gasteiger partial charge in [0.25, 0.3) is 0 Å². The summed E-state index contributed by atoms with van der Waals surface area (Å²) in [5.41, 5.74) is -2.11. The van der Waals surface area contributed by atoms with Crippen LogP contribution in [0.4, 0.5) is 4.79 Å². The van der Waals surface area contributed by atoms with Gasteiger partial charge in [-0.25, -0.2) is 4.79 Å². The van der Waals surface area contributed by atoms with Gasteiger partial charge in [0.15, 0.2) is 0 Å². The molecule has 4 heteroatoms. The van der Waals surface area contributed by atoms with Gasteiger partial charge in [0.05, 0.1) is 5.54 Å². The number of fused-ring (bicyclic) bond motifs is 2. The van der Waals surface area contributed by atoms with Crippen molar-refractivity contribution in [2.75, 3.05) is 13.1 Å². The van der Waals surface area contributed by atoms with Gasteiger partial charge in [-0.2, -0.15) is 0 Å². The number of piperazine rings is 1. The molecule has 1 N–H and O–H groups in total. The minimum Gasteiger partial charge on any atom is -0.444 e. The van der Waals surface area contributed by atoms with Crippen LogP contribution in [0.1, 0.15) is 53.7 Å². The highest BCUT2D eigenvalue weighted by Gasteiger charge is 2.51. The average molecular weight is 245 g/mol. The van der Waals surface area contributed by atoms with Crippen molar-refractivity contribution in [3.8, 4) is 0 Å². The third-order valence-electron chi connectivity index (χ3n) is 3.34. The largest absolute Gasteiger partial charge is 0.444 e. The summed E-state index contributed by atoms with van der Waals surface area (Å²) in [6.45, 7) is 3.04. The molecule has 2 saturated heterocycles. The topological polar surface area (TPSA) is 41.6 Å². The standard InChI is InChI=1S/C13H24N2O2/c1-5-13-7-6-10(8-14-9-13)15(13)11(16)17-12(2,3)4/h10,14H,5-9H2,1-4H3/t10-,13+/m0/s1/i1D3,5D2. The van der Waals surface area contributed by atoms with Gasteiger partial charge in [0.2, 0.25) is 0 Å². The van der Waals surface area contributed by atoms with Crippen molar-refractivity contribution in [2.24, 2.45) is 0 Å². The van der Waals surface area contributed by atoms with E-state index in [0.717, 1.165) is 0 Å². The number of hydrogen-bond donors (Lipinski definition) is 1. The van der Waals surface area contributed by atoms with Gasteiger partial charge < -0.3 is 10.1 Å². The van der Waals surface area contributed by atoms with Gasteiger partial charge in [-0.1, -0.05) is 6.85 Å². The first-order valence-electron chi connectivity index (χ1n) is 8.55. The van der Waals surface area contributed by atoms with Gasteiger partial charge in [0, 0.05) is 26.0 Å². The van der Waals surface area contributed by atoms with E-state index in [9.17, 15) is 4.79 Å². The maximum absolute atomic E-state index is 12.6. The Morgan fingerprint density at radius 2 is 2.47 bits per heavy atom. The molecule has 0 saturated carbocycles. The fourth-order valence-corrected chi connectivity index (χ4v) is 2.62. The summed E-state index contributed by atoms with van der Waals surface area (Å²) in [5, 5.41) is 3.07. The Hall–Kier alpha value is -0.770. The SMILES string of the molecule is [2H]C([2H])([2H])C([2H])([2H])[C@@]12CC[C@@H](CNC1)N2C(=O)OC(C)(C)C. The van der Waals surface area contributed by atoms with Crippen molar-refractivity contribution in [2.45, 2.75) is 64.0 Å². The average Bonchev–Trinajstić information content (AvgIpc) is 2.54. The molecule has 2 heterocycles. The molecular formula is C13H24N2O2. The van der Waals surface area contributed by atoms with E-state index < -0.39 is 30.5 Å². The van der Waals surface area contributed by atoms with E-state index in [2.05, 4.69) is 5.32 Å². The lowest BCUT2D eigenvalue weighted by atomic mass is 9.93. The third-order valence-corrected chi connectivity index (χ3v) is 3.34. The maximum atomic E-state index is 12.6. The Bertz CT molecular complexity index is 456. The van der Waals surface area contributed by atoms with Crippen LogP contribution in [0.5, 0.6) is 0 Å². The molecule has 17 heavy (non-hydrogen) atoms. The quantitative estimate of drug-likeness (QED) is 0.769. The lowest BCUT2D eigenvalue weighted by molar-refractivity contribution is -0.0110. The minimum atomic E-state index is -2.82. The Kier molecular flexibility index (Phi) is 1.86. The summed E-state index contributed by atoms with van der Waals surface area (Å²) in [5.74, 6) is 0. The summed E-state index contributed by atoms with van der Waals surface area (Å²) in [7, 11) is 0.